The van der Waals surface area contributed by atoms with Crippen LogP contribution in [-0.2, 0) is 16.1 Å². The van der Waals surface area contributed by atoms with Gasteiger partial charge >= 0.3 is 5.97 Å². The maximum Gasteiger partial charge on any atom is 0.305 e. The molecule has 0 atom stereocenters. The molecule has 2 rings (SSSR count). The second-order valence-electron chi connectivity index (χ2n) is 5.60. The molecule has 1 aromatic carbocycles. The maximum absolute atomic E-state index is 12.5. The molecule has 114 valence electrons. The molecule has 0 spiro atoms. The maximum atomic E-state index is 12.5. The molecule has 1 aliphatic rings. The van der Waals surface area contributed by atoms with Crippen LogP contribution in [0.4, 0.5) is 0 Å². The number of aliphatic carboxylic acids is 1. The van der Waals surface area contributed by atoms with E-state index in [0.717, 1.165) is 31.2 Å². The summed E-state index contributed by atoms with van der Waals surface area (Å²) in [5.41, 5.74) is 0.750. The van der Waals surface area contributed by atoms with E-state index in [-0.39, 0.29) is 12.3 Å². The predicted octanol–water partition coefficient (Wildman–Crippen LogP) is 2.35. The molecule has 1 amide bonds. The number of hydrogen-bond donors (Lipinski definition) is 2. The molecule has 0 bridgehead atoms. The Morgan fingerprint density at radius 2 is 1.95 bits per heavy atom. The Hall–Kier alpha value is -1.88. The molecule has 0 radical (unpaired) electrons. The Balaban J connectivity index is 2.18. The van der Waals surface area contributed by atoms with Crippen LogP contribution in [0.3, 0.4) is 0 Å². The van der Waals surface area contributed by atoms with Gasteiger partial charge in [0.2, 0.25) is 0 Å². The number of carboxylic acids is 1. The highest BCUT2D eigenvalue weighted by Gasteiger charge is 2.37. The van der Waals surface area contributed by atoms with E-state index in [4.69, 9.17) is 9.84 Å². The molecule has 21 heavy (non-hydrogen) atoms. The monoisotopic (exact) mass is 291 g/mol. The van der Waals surface area contributed by atoms with Gasteiger partial charge in [-0.05, 0) is 24.5 Å². The van der Waals surface area contributed by atoms with E-state index in [1.54, 1.807) is 19.2 Å². The molecule has 2 N–H and O–H groups in total. The van der Waals surface area contributed by atoms with Crippen LogP contribution in [0.5, 0.6) is 0 Å². The number of rotatable bonds is 6. The summed E-state index contributed by atoms with van der Waals surface area (Å²) in [4.78, 5) is 23.6. The van der Waals surface area contributed by atoms with E-state index in [1.165, 1.54) is 0 Å². The summed E-state index contributed by atoms with van der Waals surface area (Å²) in [7, 11) is 1.58. The van der Waals surface area contributed by atoms with Gasteiger partial charge in [0.15, 0.2) is 0 Å². The third-order valence-electron chi connectivity index (χ3n) is 3.99. The number of nitrogens with one attached hydrogen (secondary N) is 1. The summed E-state index contributed by atoms with van der Waals surface area (Å²) < 4.78 is 5.10. The van der Waals surface area contributed by atoms with Crippen molar-refractivity contribution in [2.75, 3.05) is 7.11 Å². The summed E-state index contributed by atoms with van der Waals surface area (Å²) in [6.45, 7) is 0.357. The van der Waals surface area contributed by atoms with Gasteiger partial charge in [0, 0.05) is 12.7 Å². The molecule has 5 heteroatoms. The van der Waals surface area contributed by atoms with Crippen molar-refractivity contribution in [3.63, 3.8) is 0 Å². The van der Waals surface area contributed by atoms with Crippen molar-refractivity contribution in [3.05, 3.63) is 35.4 Å². The molecule has 0 aromatic heterocycles. The van der Waals surface area contributed by atoms with Crippen molar-refractivity contribution in [2.45, 2.75) is 44.2 Å². The number of carbonyl (C=O) groups is 2. The number of amides is 1. The average Bonchev–Trinajstić information content (AvgIpc) is 2.87. The van der Waals surface area contributed by atoms with Gasteiger partial charge in [-0.3, -0.25) is 9.59 Å². The van der Waals surface area contributed by atoms with Crippen molar-refractivity contribution >= 4 is 11.9 Å². The van der Waals surface area contributed by atoms with Crippen molar-refractivity contribution in [3.8, 4) is 0 Å². The second kappa shape index (κ2) is 6.72. The summed E-state index contributed by atoms with van der Waals surface area (Å²) in [6, 6.07) is 7.24. The molecule has 1 fully saturated rings. The Kier molecular flexibility index (Phi) is 4.96. The zero-order valence-corrected chi connectivity index (χ0v) is 12.2. The number of carbonyl (C=O) groups excluding carboxylic acids is 1. The minimum atomic E-state index is -0.873. The minimum Gasteiger partial charge on any atom is -0.481 e. The summed E-state index contributed by atoms with van der Waals surface area (Å²) >= 11 is 0. The third kappa shape index (κ3) is 3.82. The Morgan fingerprint density at radius 3 is 2.57 bits per heavy atom. The van der Waals surface area contributed by atoms with E-state index < -0.39 is 11.5 Å². The Labute approximate surface area is 124 Å². The van der Waals surface area contributed by atoms with Crippen LogP contribution in [0.2, 0.25) is 0 Å². The molecule has 0 saturated heterocycles. The quantitative estimate of drug-likeness (QED) is 0.843. The van der Waals surface area contributed by atoms with Crippen LogP contribution in [0, 0.1) is 0 Å². The zero-order valence-electron chi connectivity index (χ0n) is 12.2. The normalized spacial score (nSPS) is 16.6. The molecule has 0 heterocycles. The van der Waals surface area contributed by atoms with Crippen molar-refractivity contribution in [2.24, 2.45) is 0 Å². The fourth-order valence-corrected chi connectivity index (χ4v) is 3.02. The second-order valence-corrected chi connectivity index (χ2v) is 5.60. The van der Waals surface area contributed by atoms with E-state index in [1.807, 2.05) is 12.1 Å². The van der Waals surface area contributed by atoms with Gasteiger partial charge < -0.3 is 15.2 Å². The van der Waals surface area contributed by atoms with Gasteiger partial charge in [0.05, 0.1) is 18.6 Å². The third-order valence-corrected chi connectivity index (χ3v) is 3.99. The fraction of sp³-hybridized carbons (Fsp3) is 0.500. The van der Waals surface area contributed by atoms with Crippen molar-refractivity contribution in [1.29, 1.82) is 0 Å². The first-order valence-corrected chi connectivity index (χ1v) is 7.17. The van der Waals surface area contributed by atoms with Crippen LogP contribution in [0.1, 0.15) is 48.0 Å². The lowest BCUT2D eigenvalue weighted by Gasteiger charge is -2.29. The van der Waals surface area contributed by atoms with Gasteiger partial charge in [0.1, 0.15) is 0 Å². The topological polar surface area (TPSA) is 75.6 Å². The van der Waals surface area contributed by atoms with E-state index >= 15 is 0 Å². The number of hydrogen-bond acceptors (Lipinski definition) is 3. The first kappa shape index (κ1) is 15.5. The highest BCUT2D eigenvalue weighted by atomic mass is 16.5. The smallest absolute Gasteiger partial charge is 0.305 e. The lowest BCUT2D eigenvalue weighted by Crippen LogP contribution is -2.48. The number of ether oxygens (including phenoxy) is 1. The molecule has 1 aliphatic carbocycles. The van der Waals surface area contributed by atoms with E-state index in [2.05, 4.69) is 5.32 Å². The number of methoxy groups -OCH3 is 1. The van der Waals surface area contributed by atoms with Crippen LogP contribution in [-0.4, -0.2) is 29.6 Å². The molecule has 1 aromatic rings. The molecule has 0 aliphatic heterocycles. The highest BCUT2D eigenvalue weighted by Crippen LogP contribution is 2.33. The standard InChI is InChI=1S/C16H21NO4/c1-21-11-12-6-2-3-7-13(12)15(20)17-16(10-14(18)19)8-4-5-9-16/h2-3,6-7H,4-5,8-11H2,1H3,(H,17,20)(H,18,19). The molecular weight excluding hydrogens is 270 g/mol. The molecule has 5 nitrogen and oxygen atoms in total. The van der Waals surface area contributed by atoms with Crippen LogP contribution >= 0.6 is 0 Å². The SMILES string of the molecule is COCc1ccccc1C(=O)NC1(CC(=O)O)CCCC1. The van der Waals surface area contributed by atoms with Gasteiger partial charge in [-0.15, -0.1) is 0 Å². The number of benzene rings is 1. The van der Waals surface area contributed by atoms with Gasteiger partial charge in [0.25, 0.3) is 5.91 Å². The highest BCUT2D eigenvalue weighted by molar-refractivity contribution is 5.96. The fourth-order valence-electron chi connectivity index (χ4n) is 3.02. The molecule has 1 saturated carbocycles. The summed E-state index contributed by atoms with van der Waals surface area (Å²) in [5, 5.41) is 12.1. The Bertz CT molecular complexity index is 521. The average molecular weight is 291 g/mol. The van der Waals surface area contributed by atoms with E-state index in [0.29, 0.717) is 12.2 Å². The first-order valence-electron chi connectivity index (χ1n) is 7.17. The largest absolute Gasteiger partial charge is 0.481 e. The lowest BCUT2D eigenvalue weighted by molar-refractivity contribution is -0.138. The van der Waals surface area contributed by atoms with E-state index in [9.17, 15) is 9.59 Å². The minimum absolute atomic E-state index is 0.0226. The van der Waals surface area contributed by atoms with Crippen LogP contribution in [0.25, 0.3) is 0 Å². The molecular formula is C16H21NO4. The van der Waals surface area contributed by atoms with Gasteiger partial charge in [-0.25, -0.2) is 0 Å². The Morgan fingerprint density at radius 1 is 1.29 bits per heavy atom. The zero-order chi connectivity index (χ0) is 15.3. The first-order chi connectivity index (χ1) is 10.1. The van der Waals surface area contributed by atoms with Crippen molar-refractivity contribution in [1.82, 2.24) is 5.32 Å². The van der Waals surface area contributed by atoms with Crippen LogP contribution < -0.4 is 5.32 Å². The molecule has 0 unspecified atom stereocenters. The predicted molar refractivity (Wildman–Crippen MR) is 78.1 cm³/mol. The number of carboxylic acid groups (broad SMARTS) is 1. The lowest BCUT2D eigenvalue weighted by atomic mass is 9.92. The van der Waals surface area contributed by atoms with Crippen LogP contribution in [0.15, 0.2) is 24.3 Å². The van der Waals surface area contributed by atoms with Gasteiger partial charge in [-0.2, -0.15) is 0 Å². The van der Waals surface area contributed by atoms with Gasteiger partial charge in [-0.1, -0.05) is 31.0 Å². The summed E-state index contributed by atoms with van der Waals surface area (Å²) in [6.07, 6.45) is 3.32. The summed E-state index contributed by atoms with van der Waals surface area (Å²) in [5.74, 6) is -1.09. The van der Waals surface area contributed by atoms with Crippen molar-refractivity contribution < 1.29 is 19.4 Å².